The van der Waals surface area contributed by atoms with Crippen LogP contribution in [0.15, 0.2) is 24.4 Å². The summed E-state index contributed by atoms with van der Waals surface area (Å²) in [6.45, 7) is 0.735. The first kappa shape index (κ1) is 21.2. The van der Waals surface area contributed by atoms with Gasteiger partial charge in [-0.15, -0.1) is 0 Å². The molecule has 3 amide bonds. The maximum absolute atomic E-state index is 13.2. The number of aromatic nitrogens is 1. The van der Waals surface area contributed by atoms with E-state index in [-0.39, 0.29) is 18.4 Å². The van der Waals surface area contributed by atoms with Crippen LogP contribution < -0.4 is 10.7 Å². The third-order valence-electron chi connectivity index (χ3n) is 5.69. The van der Waals surface area contributed by atoms with Gasteiger partial charge in [-0.1, -0.05) is 31.7 Å². The maximum Gasteiger partial charge on any atom is 0.244 e. The summed E-state index contributed by atoms with van der Waals surface area (Å²) in [6, 6.07) is 4.85. The van der Waals surface area contributed by atoms with Crippen LogP contribution in [0.4, 0.5) is 0 Å². The van der Waals surface area contributed by atoms with Crippen LogP contribution in [0.25, 0.3) is 0 Å². The van der Waals surface area contributed by atoms with Gasteiger partial charge in [0, 0.05) is 12.7 Å². The van der Waals surface area contributed by atoms with Crippen molar-refractivity contribution in [1.29, 1.82) is 0 Å². The number of amides is 3. The largest absolute Gasteiger partial charge is 0.349 e. The number of pyridine rings is 1. The third kappa shape index (κ3) is 5.74. The second-order valence-electron chi connectivity index (χ2n) is 7.77. The lowest BCUT2D eigenvalue weighted by molar-refractivity contribution is -0.159. The first-order valence-corrected chi connectivity index (χ1v) is 10.2. The highest BCUT2D eigenvalue weighted by atomic mass is 16.5. The van der Waals surface area contributed by atoms with Crippen molar-refractivity contribution in [2.45, 2.75) is 51.1 Å². The van der Waals surface area contributed by atoms with Crippen LogP contribution >= 0.6 is 0 Å². The van der Waals surface area contributed by atoms with Crippen LogP contribution in [0.2, 0.25) is 0 Å². The second kappa shape index (κ2) is 10.3. The predicted molar refractivity (Wildman–Crippen MR) is 104 cm³/mol. The molecule has 0 radical (unpaired) electrons. The van der Waals surface area contributed by atoms with Gasteiger partial charge in [-0.2, -0.15) is 0 Å². The number of nitrogens with zero attached hydrogens (tertiary/aromatic N) is 3. The SMILES string of the molecule is O=CN(O)CC(CC1CCCC1)C(=O)N1NCCC1C(=O)NCc1ccccn1. The number of hydrogen-bond donors (Lipinski definition) is 3. The van der Waals surface area contributed by atoms with E-state index in [2.05, 4.69) is 15.7 Å². The molecule has 2 unspecified atom stereocenters. The van der Waals surface area contributed by atoms with E-state index in [1.165, 1.54) is 5.01 Å². The average molecular weight is 403 g/mol. The Bertz CT molecular complexity index is 695. The van der Waals surface area contributed by atoms with Crippen LogP contribution in [0, 0.1) is 11.8 Å². The smallest absolute Gasteiger partial charge is 0.244 e. The van der Waals surface area contributed by atoms with E-state index >= 15 is 0 Å². The van der Waals surface area contributed by atoms with Crippen molar-refractivity contribution in [3.8, 4) is 0 Å². The predicted octanol–water partition coefficient (Wildman–Crippen LogP) is 0.847. The van der Waals surface area contributed by atoms with E-state index in [4.69, 9.17) is 0 Å². The average Bonchev–Trinajstić information content (AvgIpc) is 3.43. The monoisotopic (exact) mass is 403 g/mol. The van der Waals surface area contributed by atoms with Crippen LogP contribution in [-0.4, -0.2) is 57.6 Å². The van der Waals surface area contributed by atoms with E-state index in [9.17, 15) is 19.6 Å². The number of nitrogens with one attached hydrogen (secondary N) is 2. The standard InChI is InChI=1S/C20H29N5O4/c26-14-24(29)13-16(11-15-5-1-2-6-15)20(28)25-18(8-10-23-25)19(27)22-12-17-7-3-4-9-21-17/h3-4,7,9,14-16,18,23,29H,1-2,5-6,8,10-13H2,(H,22,27). The topological polar surface area (TPSA) is 115 Å². The highest BCUT2D eigenvalue weighted by Gasteiger charge is 2.38. The van der Waals surface area contributed by atoms with Crippen molar-refractivity contribution < 1.29 is 19.6 Å². The Hall–Kier alpha value is -2.52. The van der Waals surface area contributed by atoms with Crippen molar-refractivity contribution >= 4 is 18.2 Å². The summed E-state index contributed by atoms with van der Waals surface area (Å²) in [5, 5.41) is 14.4. The van der Waals surface area contributed by atoms with Gasteiger partial charge in [-0.25, -0.2) is 10.5 Å². The molecular formula is C20H29N5O4. The van der Waals surface area contributed by atoms with Crippen LogP contribution in [-0.2, 0) is 20.9 Å². The van der Waals surface area contributed by atoms with Gasteiger partial charge in [-0.05, 0) is 30.9 Å². The van der Waals surface area contributed by atoms with Gasteiger partial charge < -0.3 is 5.32 Å². The van der Waals surface area contributed by atoms with Crippen LogP contribution in [0.1, 0.15) is 44.2 Å². The zero-order valence-corrected chi connectivity index (χ0v) is 16.5. The van der Waals surface area contributed by atoms with E-state index in [1.54, 1.807) is 12.3 Å². The van der Waals surface area contributed by atoms with Gasteiger partial charge in [0.1, 0.15) is 6.04 Å². The number of hydroxylamine groups is 2. The first-order valence-electron chi connectivity index (χ1n) is 10.2. The molecule has 1 aliphatic heterocycles. The van der Waals surface area contributed by atoms with Crippen LogP contribution in [0.5, 0.6) is 0 Å². The molecule has 2 aliphatic rings. The zero-order valence-electron chi connectivity index (χ0n) is 16.5. The minimum Gasteiger partial charge on any atom is -0.349 e. The van der Waals surface area contributed by atoms with Gasteiger partial charge >= 0.3 is 0 Å². The Morgan fingerprint density at radius 3 is 2.83 bits per heavy atom. The first-order chi connectivity index (χ1) is 14.1. The van der Waals surface area contributed by atoms with Gasteiger partial charge in [-0.3, -0.25) is 29.6 Å². The minimum absolute atomic E-state index is 0.0702. The van der Waals surface area contributed by atoms with Gasteiger partial charge in [0.2, 0.25) is 18.2 Å². The lowest BCUT2D eigenvalue weighted by Crippen LogP contribution is -2.53. The summed E-state index contributed by atoms with van der Waals surface area (Å²) in [5.74, 6) is -0.647. The quantitative estimate of drug-likeness (QED) is 0.320. The van der Waals surface area contributed by atoms with Crippen molar-refractivity contribution in [2.75, 3.05) is 13.1 Å². The molecule has 0 spiro atoms. The fourth-order valence-electron chi connectivity index (χ4n) is 4.21. The highest BCUT2D eigenvalue weighted by molar-refractivity contribution is 5.88. The Morgan fingerprint density at radius 2 is 2.14 bits per heavy atom. The zero-order chi connectivity index (χ0) is 20.6. The van der Waals surface area contributed by atoms with Crippen LogP contribution in [0.3, 0.4) is 0 Å². The Morgan fingerprint density at radius 1 is 1.34 bits per heavy atom. The number of carbonyl (C=O) groups is 3. The molecule has 1 aromatic heterocycles. The summed E-state index contributed by atoms with van der Waals surface area (Å²) < 4.78 is 0. The molecule has 0 bridgehead atoms. The lowest BCUT2D eigenvalue weighted by atomic mass is 9.92. The molecule has 0 aromatic carbocycles. The van der Waals surface area contributed by atoms with E-state index in [0.717, 1.165) is 31.4 Å². The summed E-state index contributed by atoms with van der Waals surface area (Å²) >= 11 is 0. The molecule has 1 saturated heterocycles. The Kier molecular flexibility index (Phi) is 7.54. The van der Waals surface area contributed by atoms with E-state index in [1.807, 2.05) is 12.1 Å². The highest BCUT2D eigenvalue weighted by Crippen LogP contribution is 2.31. The fraction of sp³-hybridized carbons (Fsp3) is 0.600. The van der Waals surface area contributed by atoms with Crippen molar-refractivity contribution in [3.63, 3.8) is 0 Å². The van der Waals surface area contributed by atoms with E-state index < -0.39 is 12.0 Å². The molecule has 158 valence electrons. The molecule has 9 heteroatoms. The number of rotatable bonds is 9. The molecule has 3 rings (SSSR count). The summed E-state index contributed by atoms with van der Waals surface area (Å²) in [5.41, 5.74) is 3.74. The normalized spacial score (nSPS) is 20.4. The molecule has 1 aromatic rings. The maximum atomic E-state index is 13.2. The molecule has 29 heavy (non-hydrogen) atoms. The number of carbonyl (C=O) groups excluding carboxylic acids is 3. The van der Waals surface area contributed by atoms with E-state index in [0.29, 0.717) is 43.3 Å². The molecule has 2 atom stereocenters. The lowest BCUT2D eigenvalue weighted by Gasteiger charge is -2.29. The molecule has 1 aliphatic carbocycles. The molecule has 2 heterocycles. The van der Waals surface area contributed by atoms with Gasteiger partial charge in [0.05, 0.1) is 24.7 Å². The van der Waals surface area contributed by atoms with Gasteiger partial charge in [0.15, 0.2) is 0 Å². The number of hydrogen-bond acceptors (Lipinski definition) is 6. The van der Waals surface area contributed by atoms with Crippen molar-refractivity contribution in [2.24, 2.45) is 11.8 Å². The fourth-order valence-corrected chi connectivity index (χ4v) is 4.21. The molecule has 1 saturated carbocycles. The Balaban J connectivity index is 1.63. The number of hydrazine groups is 1. The van der Waals surface area contributed by atoms with Crippen molar-refractivity contribution in [3.05, 3.63) is 30.1 Å². The molecule has 9 nitrogen and oxygen atoms in total. The van der Waals surface area contributed by atoms with Crippen molar-refractivity contribution in [1.82, 2.24) is 25.8 Å². The molecular weight excluding hydrogens is 374 g/mol. The minimum atomic E-state index is -0.624. The summed E-state index contributed by atoms with van der Waals surface area (Å²) in [4.78, 5) is 40.9. The summed E-state index contributed by atoms with van der Waals surface area (Å²) in [7, 11) is 0. The van der Waals surface area contributed by atoms with Gasteiger partial charge in [0.25, 0.3) is 0 Å². The Labute approximate surface area is 170 Å². The third-order valence-corrected chi connectivity index (χ3v) is 5.69. The second-order valence-corrected chi connectivity index (χ2v) is 7.77. The molecule has 2 fully saturated rings. The summed E-state index contributed by atoms with van der Waals surface area (Å²) in [6.07, 6.45) is 7.47. The molecule has 3 N–H and O–H groups in total.